The van der Waals surface area contributed by atoms with Gasteiger partial charge in [-0.05, 0) is 30.9 Å². The zero-order valence-corrected chi connectivity index (χ0v) is 15.5. The van der Waals surface area contributed by atoms with Gasteiger partial charge >= 0.3 is 0 Å². The first-order valence-electron chi connectivity index (χ1n) is 9.50. The van der Waals surface area contributed by atoms with Crippen molar-refractivity contribution in [2.45, 2.75) is 38.5 Å². The molecule has 2 heterocycles. The molecular weight excluding hydrogens is 332 g/mol. The van der Waals surface area contributed by atoms with Gasteiger partial charge in [-0.1, -0.05) is 18.6 Å². The molecule has 1 aromatic carbocycles. The number of fused-ring (bicyclic) bond motifs is 1. The van der Waals surface area contributed by atoms with Gasteiger partial charge in [0.25, 0.3) is 0 Å². The number of ether oxygens (including phenoxy) is 2. The Morgan fingerprint density at radius 3 is 3.08 bits per heavy atom. The van der Waals surface area contributed by atoms with Crippen LogP contribution in [-0.4, -0.2) is 50.1 Å². The van der Waals surface area contributed by atoms with E-state index in [0.717, 1.165) is 49.3 Å². The van der Waals surface area contributed by atoms with Crippen LogP contribution >= 0.6 is 0 Å². The highest BCUT2D eigenvalue weighted by molar-refractivity contribution is 5.79. The zero-order valence-electron chi connectivity index (χ0n) is 15.5. The van der Waals surface area contributed by atoms with Crippen molar-refractivity contribution in [2.24, 2.45) is 5.92 Å². The Balaban J connectivity index is 1.43. The number of hydrogen-bond donors (Lipinski definition) is 1. The maximum atomic E-state index is 12.2. The third-order valence-electron chi connectivity index (χ3n) is 5.12. The molecule has 0 spiro atoms. The Morgan fingerprint density at radius 2 is 2.23 bits per heavy atom. The molecular formula is C20H28N2O4. The quantitative estimate of drug-likeness (QED) is 0.844. The molecule has 2 aliphatic heterocycles. The van der Waals surface area contributed by atoms with Crippen LogP contribution in [0.1, 0.15) is 37.7 Å². The number of benzene rings is 1. The van der Waals surface area contributed by atoms with Crippen molar-refractivity contribution in [1.29, 1.82) is 0 Å². The van der Waals surface area contributed by atoms with Crippen molar-refractivity contribution in [2.75, 3.05) is 33.4 Å². The molecule has 0 saturated carbocycles. The SMILES string of the molecule is COc1cccc2c1OC[C@@H](CNC(=O)CCN1CCCCCC1=O)C2. The van der Waals surface area contributed by atoms with Crippen LogP contribution in [0.5, 0.6) is 11.5 Å². The van der Waals surface area contributed by atoms with Crippen molar-refractivity contribution in [1.82, 2.24) is 10.2 Å². The van der Waals surface area contributed by atoms with E-state index in [1.165, 1.54) is 0 Å². The summed E-state index contributed by atoms with van der Waals surface area (Å²) in [6.45, 7) is 2.45. The van der Waals surface area contributed by atoms with Crippen LogP contribution in [0, 0.1) is 5.92 Å². The van der Waals surface area contributed by atoms with E-state index in [4.69, 9.17) is 9.47 Å². The fraction of sp³-hybridized carbons (Fsp3) is 0.600. The maximum absolute atomic E-state index is 12.2. The predicted molar refractivity (Wildman–Crippen MR) is 98.4 cm³/mol. The molecule has 26 heavy (non-hydrogen) atoms. The molecule has 0 radical (unpaired) electrons. The average molecular weight is 360 g/mol. The van der Waals surface area contributed by atoms with E-state index < -0.39 is 0 Å². The summed E-state index contributed by atoms with van der Waals surface area (Å²) >= 11 is 0. The summed E-state index contributed by atoms with van der Waals surface area (Å²) < 4.78 is 11.2. The number of nitrogens with zero attached hydrogens (tertiary/aromatic N) is 1. The molecule has 3 rings (SSSR count). The van der Waals surface area contributed by atoms with E-state index in [9.17, 15) is 9.59 Å². The molecule has 0 unspecified atom stereocenters. The molecule has 0 aromatic heterocycles. The van der Waals surface area contributed by atoms with E-state index in [2.05, 4.69) is 5.32 Å². The van der Waals surface area contributed by atoms with Crippen LogP contribution in [0.15, 0.2) is 18.2 Å². The van der Waals surface area contributed by atoms with E-state index in [1.807, 2.05) is 23.1 Å². The highest BCUT2D eigenvalue weighted by atomic mass is 16.5. The fourth-order valence-electron chi connectivity index (χ4n) is 3.61. The molecule has 0 aliphatic carbocycles. The van der Waals surface area contributed by atoms with Crippen LogP contribution in [-0.2, 0) is 16.0 Å². The standard InChI is InChI=1S/C20H28N2O4/c1-25-17-7-5-6-16-12-15(14-26-20(16)17)13-21-18(23)9-11-22-10-4-2-3-8-19(22)24/h5-7,15H,2-4,8-14H2,1H3,(H,21,23)/t15-/m1/s1. The summed E-state index contributed by atoms with van der Waals surface area (Å²) in [7, 11) is 1.64. The Labute approximate surface area is 154 Å². The van der Waals surface area contributed by atoms with Gasteiger partial charge in [0.1, 0.15) is 0 Å². The lowest BCUT2D eigenvalue weighted by atomic mass is 9.96. The minimum absolute atomic E-state index is 0.00140. The van der Waals surface area contributed by atoms with Crippen molar-refractivity contribution in [3.8, 4) is 11.5 Å². The van der Waals surface area contributed by atoms with E-state index in [0.29, 0.717) is 32.5 Å². The Kier molecular flexibility index (Phi) is 6.36. The number of hydrogen-bond acceptors (Lipinski definition) is 4. The smallest absolute Gasteiger partial charge is 0.222 e. The summed E-state index contributed by atoms with van der Waals surface area (Å²) in [6, 6.07) is 5.89. The van der Waals surface area contributed by atoms with Crippen LogP contribution in [0.3, 0.4) is 0 Å². The number of rotatable bonds is 6. The molecule has 1 fully saturated rings. The van der Waals surface area contributed by atoms with Crippen LogP contribution in [0.2, 0.25) is 0 Å². The molecule has 1 N–H and O–H groups in total. The first kappa shape index (κ1) is 18.5. The third kappa shape index (κ3) is 4.68. The molecule has 142 valence electrons. The number of likely N-dealkylation sites (tertiary alicyclic amines) is 1. The normalized spacial score (nSPS) is 20.0. The highest BCUT2D eigenvalue weighted by Gasteiger charge is 2.23. The first-order valence-corrected chi connectivity index (χ1v) is 9.50. The molecule has 6 heteroatoms. The topological polar surface area (TPSA) is 67.9 Å². The number of para-hydroxylation sites is 1. The molecule has 1 atom stereocenters. The van der Waals surface area contributed by atoms with Crippen LogP contribution < -0.4 is 14.8 Å². The van der Waals surface area contributed by atoms with Crippen molar-refractivity contribution in [3.05, 3.63) is 23.8 Å². The van der Waals surface area contributed by atoms with Gasteiger partial charge in [-0.25, -0.2) is 0 Å². The summed E-state index contributed by atoms with van der Waals surface area (Å²) in [5.74, 6) is 2.00. The lowest BCUT2D eigenvalue weighted by Crippen LogP contribution is -2.38. The average Bonchev–Trinajstić information content (AvgIpc) is 2.88. The summed E-state index contributed by atoms with van der Waals surface area (Å²) in [5.41, 5.74) is 1.12. The lowest BCUT2D eigenvalue weighted by Gasteiger charge is -2.27. The van der Waals surface area contributed by atoms with E-state index in [-0.39, 0.29) is 17.7 Å². The zero-order chi connectivity index (χ0) is 18.4. The molecule has 2 aliphatic rings. The predicted octanol–water partition coefficient (Wildman–Crippen LogP) is 2.16. The number of carbonyl (C=O) groups is 2. The van der Waals surface area contributed by atoms with Gasteiger partial charge in [0.15, 0.2) is 11.5 Å². The second kappa shape index (κ2) is 8.92. The second-order valence-electron chi connectivity index (χ2n) is 7.08. The number of nitrogens with one attached hydrogen (secondary N) is 1. The van der Waals surface area contributed by atoms with Gasteiger partial charge in [-0.2, -0.15) is 0 Å². The van der Waals surface area contributed by atoms with Crippen LogP contribution in [0.4, 0.5) is 0 Å². The third-order valence-corrected chi connectivity index (χ3v) is 5.12. The number of amides is 2. The van der Waals surface area contributed by atoms with Crippen molar-refractivity contribution in [3.63, 3.8) is 0 Å². The minimum Gasteiger partial charge on any atom is -0.493 e. The van der Waals surface area contributed by atoms with Gasteiger partial charge in [0, 0.05) is 38.4 Å². The van der Waals surface area contributed by atoms with Gasteiger partial charge in [0.05, 0.1) is 13.7 Å². The monoisotopic (exact) mass is 360 g/mol. The Bertz CT molecular complexity index is 647. The lowest BCUT2D eigenvalue weighted by molar-refractivity contribution is -0.131. The maximum Gasteiger partial charge on any atom is 0.222 e. The number of carbonyl (C=O) groups excluding carboxylic acids is 2. The van der Waals surface area contributed by atoms with E-state index in [1.54, 1.807) is 7.11 Å². The summed E-state index contributed by atoms with van der Waals surface area (Å²) in [5, 5.41) is 2.99. The Morgan fingerprint density at radius 1 is 1.35 bits per heavy atom. The molecule has 0 bridgehead atoms. The summed E-state index contributed by atoms with van der Waals surface area (Å²) in [4.78, 5) is 26.0. The summed E-state index contributed by atoms with van der Waals surface area (Å²) in [6.07, 6.45) is 4.94. The van der Waals surface area contributed by atoms with Crippen LogP contribution in [0.25, 0.3) is 0 Å². The Hall–Kier alpha value is -2.24. The fourth-order valence-corrected chi connectivity index (χ4v) is 3.61. The molecule has 1 saturated heterocycles. The van der Waals surface area contributed by atoms with Gasteiger partial charge in [0.2, 0.25) is 11.8 Å². The van der Waals surface area contributed by atoms with Crippen molar-refractivity contribution >= 4 is 11.8 Å². The second-order valence-corrected chi connectivity index (χ2v) is 7.08. The number of methoxy groups -OCH3 is 1. The van der Waals surface area contributed by atoms with Crippen molar-refractivity contribution < 1.29 is 19.1 Å². The molecule has 1 aromatic rings. The van der Waals surface area contributed by atoms with Gasteiger partial charge in [-0.3, -0.25) is 9.59 Å². The largest absolute Gasteiger partial charge is 0.493 e. The van der Waals surface area contributed by atoms with Gasteiger partial charge < -0.3 is 19.7 Å². The molecule has 2 amide bonds. The minimum atomic E-state index is -0.00140. The molecule has 6 nitrogen and oxygen atoms in total. The van der Waals surface area contributed by atoms with Gasteiger partial charge in [-0.15, -0.1) is 0 Å². The first-order chi connectivity index (χ1) is 12.7. The van der Waals surface area contributed by atoms with E-state index >= 15 is 0 Å². The highest BCUT2D eigenvalue weighted by Crippen LogP contribution is 2.35.